The zero-order chi connectivity index (χ0) is 18.8. The number of likely N-dealkylation sites (tertiary alicyclic amines) is 1. The number of benzene rings is 1. The number of rotatable bonds is 5. The Morgan fingerprint density at radius 1 is 1.08 bits per heavy atom. The summed E-state index contributed by atoms with van der Waals surface area (Å²) in [6.07, 6.45) is 0.575. The highest BCUT2D eigenvalue weighted by molar-refractivity contribution is 6.00. The minimum absolute atomic E-state index is 0.118. The van der Waals surface area contributed by atoms with Crippen LogP contribution in [-0.4, -0.2) is 61.6 Å². The van der Waals surface area contributed by atoms with Crippen molar-refractivity contribution in [3.05, 3.63) is 18.2 Å². The quantitative estimate of drug-likeness (QED) is 0.839. The van der Waals surface area contributed by atoms with Gasteiger partial charge in [0.05, 0.1) is 31.7 Å². The molecule has 0 saturated carbocycles. The second-order valence-electron chi connectivity index (χ2n) is 6.58. The van der Waals surface area contributed by atoms with Gasteiger partial charge in [-0.3, -0.25) is 14.4 Å². The van der Waals surface area contributed by atoms with Gasteiger partial charge in [-0.05, 0) is 6.42 Å². The minimum Gasteiger partial charge on any atom is -0.497 e. The Bertz CT molecular complexity index is 712. The van der Waals surface area contributed by atoms with Crippen molar-refractivity contribution in [2.45, 2.75) is 12.8 Å². The third kappa shape index (κ3) is 3.44. The Morgan fingerprint density at radius 3 is 2.27 bits per heavy atom. The Balaban J connectivity index is 1.73. The fourth-order valence-electron chi connectivity index (χ4n) is 3.49. The van der Waals surface area contributed by atoms with Gasteiger partial charge >= 0.3 is 5.97 Å². The molecular weight excluding hydrogens is 340 g/mol. The second kappa shape index (κ2) is 7.23. The van der Waals surface area contributed by atoms with Crippen molar-refractivity contribution in [2.75, 3.05) is 38.8 Å². The molecule has 1 N–H and O–H groups in total. The second-order valence-corrected chi connectivity index (χ2v) is 6.58. The summed E-state index contributed by atoms with van der Waals surface area (Å²) in [6, 6.07) is 5.16. The first kappa shape index (κ1) is 18.0. The first-order valence-electron chi connectivity index (χ1n) is 8.48. The van der Waals surface area contributed by atoms with Gasteiger partial charge in [-0.1, -0.05) is 0 Å². The van der Waals surface area contributed by atoms with Crippen molar-refractivity contribution in [3.8, 4) is 11.5 Å². The van der Waals surface area contributed by atoms with Crippen LogP contribution in [0.3, 0.4) is 0 Å². The Labute approximate surface area is 151 Å². The van der Waals surface area contributed by atoms with E-state index in [0.717, 1.165) is 0 Å². The van der Waals surface area contributed by atoms with E-state index in [2.05, 4.69) is 0 Å². The van der Waals surface area contributed by atoms with Crippen LogP contribution >= 0.6 is 0 Å². The molecule has 2 saturated heterocycles. The van der Waals surface area contributed by atoms with Crippen LogP contribution in [0.2, 0.25) is 0 Å². The molecule has 1 aromatic rings. The number of aliphatic carboxylic acids is 1. The van der Waals surface area contributed by atoms with E-state index in [4.69, 9.17) is 14.6 Å². The predicted molar refractivity (Wildman–Crippen MR) is 92.3 cm³/mol. The maximum absolute atomic E-state index is 12.7. The molecule has 0 radical (unpaired) electrons. The third-order valence-electron chi connectivity index (χ3n) is 4.97. The number of carbonyl (C=O) groups is 3. The number of methoxy groups -OCH3 is 2. The fourth-order valence-corrected chi connectivity index (χ4v) is 3.49. The van der Waals surface area contributed by atoms with Crippen LogP contribution in [0.25, 0.3) is 0 Å². The molecule has 2 amide bonds. The molecule has 0 bridgehead atoms. The summed E-state index contributed by atoms with van der Waals surface area (Å²) in [5.41, 5.74) is 0.617. The van der Waals surface area contributed by atoms with E-state index < -0.39 is 17.8 Å². The minimum atomic E-state index is -0.882. The molecule has 2 aliphatic rings. The SMILES string of the molecule is COc1cc(OC)cc(N2C[C@@H](C(=O)N3CC[C@H](C(=O)O)C3)CC2=O)c1. The monoisotopic (exact) mass is 362 g/mol. The highest BCUT2D eigenvalue weighted by Gasteiger charge is 2.40. The summed E-state index contributed by atoms with van der Waals surface area (Å²) in [5.74, 6) is -1.04. The number of anilines is 1. The summed E-state index contributed by atoms with van der Waals surface area (Å²) >= 11 is 0. The van der Waals surface area contributed by atoms with Crippen LogP contribution in [0.1, 0.15) is 12.8 Å². The van der Waals surface area contributed by atoms with Crippen LogP contribution in [0, 0.1) is 11.8 Å². The lowest BCUT2D eigenvalue weighted by atomic mass is 10.1. The number of hydrogen-bond acceptors (Lipinski definition) is 5. The van der Waals surface area contributed by atoms with Gasteiger partial charge < -0.3 is 24.4 Å². The first-order valence-corrected chi connectivity index (χ1v) is 8.48. The number of carboxylic acid groups (broad SMARTS) is 1. The van der Waals surface area contributed by atoms with E-state index in [0.29, 0.717) is 30.2 Å². The van der Waals surface area contributed by atoms with Gasteiger partial charge in [-0.2, -0.15) is 0 Å². The number of carboxylic acids is 1. The lowest BCUT2D eigenvalue weighted by Gasteiger charge is -2.21. The number of ether oxygens (including phenoxy) is 2. The van der Waals surface area contributed by atoms with Gasteiger partial charge in [-0.15, -0.1) is 0 Å². The highest BCUT2D eigenvalue weighted by Crippen LogP contribution is 2.33. The lowest BCUT2D eigenvalue weighted by Crippen LogP contribution is -2.36. The van der Waals surface area contributed by atoms with E-state index >= 15 is 0 Å². The zero-order valence-corrected chi connectivity index (χ0v) is 14.8. The van der Waals surface area contributed by atoms with Gasteiger partial charge in [0.1, 0.15) is 11.5 Å². The lowest BCUT2D eigenvalue weighted by molar-refractivity contribution is -0.141. The van der Waals surface area contributed by atoms with E-state index in [1.165, 1.54) is 14.2 Å². The molecule has 0 spiro atoms. The highest BCUT2D eigenvalue weighted by atomic mass is 16.5. The van der Waals surface area contributed by atoms with E-state index in [1.54, 1.807) is 28.0 Å². The van der Waals surface area contributed by atoms with Crippen LogP contribution in [-0.2, 0) is 14.4 Å². The number of nitrogens with zero attached hydrogens (tertiary/aromatic N) is 2. The predicted octanol–water partition coefficient (Wildman–Crippen LogP) is 0.990. The summed E-state index contributed by atoms with van der Waals surface area (Å²) in [6.45, 7) is 0.904. The van der Waals surface area contributed by atoms with E-state index in [-0.39, 0.29) is 31.3 Å². The molecule has 2 aliphatic heterocycles. The molecule has 1 aromatic carbocycles. The third-order valence-corrected chi connectivity index (χ3v) is 4.97. The molecule has 2 atom stereocenters. The zero-order valence-electron chi connectivity index (χ0n) is 14.8. The summed E-state index contributed by atoms with van der Waals surface area (Å²) in [4.78, 5) is 39.3. The van der Waals surface area contributed by atoms with Crippen molar-refractivity contribution < 1.29 is 29.0 Å². The molecule has 2 fully saturated rings. The average molecular weight is 362 g/mol. The maximum atomic E-state index is 12.7. The molecule has 0 unspecified atom stereocenters. The first-order chi connectivity index (χ1) is 12.4. The molecule has 8 nitrogen and oxygen atoms in total. The van der Waals surface area contributed by atoms with Gasteiger partial charge in [0, 0.05) is 44.3 Å². The van der Waals surface area contributed by atoms with Crippen LogP contribution in [0.4, 0.5) is 5.69 Å². The van der Waals surface area contributed by atoms with E-state index in [9.17, 15) is 14.4 Å². The normalized spacial score (nSPS) is 22.6. The maximum Gasteiger partial charge on any atom is 0.308 e. The van der Waals surface area contributed by atoms with Gasteiger partial charge in [-0.25, -0.2) is 0 Å². The van der Waals surface area contributed by atoms with Crippen LogP contribution < -0.4 is 14.4 Å². The summed E-state index contributed by atoms with van der Waals surface area (Å²) in [7, 11) is 3.06. The number of hydrogen-bond donors (Lipinski definition) is 1. The topological polar surface area (TPSA) is 96.4 Å². The van der Waals surface area contributed by atoms with E-state index in [1.807, 2.05) is 0 Å². The fraction of sp³-hybridized carbons (Fsp3) is 0.500. The smallest absolute Gasteiger partial charge is 0.308 e. The van der Waals surface area contributed by atoms with Crippen LogP contribution in [0.5, 0.6) is 11.5 Å². The number of amides is 2. The standard InChI is InChI=1S/C18H22N2O6/c1-25-14-6-13(7-15(8-14)26-2)20-10-12(5-16(20)21)17(22)19-4-3-11(9-19)18(23)24/h6-8,11-12H,3-5,9-10H2,1-2H3,(H,23,24)/t11-,12-/m0/s1. The largest absolute Gasteiger partial charge is 0.497 e. The van der Waals surface area contributed by atoms with Gasteiger partial charge in [0.25, 0.3) is 0 Å². The van der Waals surface area contributed by atoms with Crippen molar-refractivity contribution >= 4 is 23.5 Å². The van der Waals surface area contributed by atoms with Crippen molar-refractivity contribution in [2.24, 2.45) is 11.8 Å². The number of carbonyl (C=O) groups excluding carboxylic acids is 2. The van der Waals surface area contributed by atoms with Gasteiger partial charge in [0.15, 0.2) is 0 Å². The molecule has 140 valence electrons. The average Bonchev–Trinajstić information content (AvgIpc) is 3.27. The van der Waals surface area contributed by atoms with Crippen molar-refractivity contribution in [1.82, 2.24) is 4.90 Å². The molecule has 26 heavy (non-hydrogen) atoms. The van der Waals surface area contributed by atoms with Crippen LogP contribution in [0.15, 0.2) is 18.2 Å². The molecule has 0 aliphatic carbocycles. The molecule has 3 rings (SSSR count). The van der Waals surface area contributed by atoms with Crippen molar-refractivity contribution in [3.63, 3.8) is 0 Å². The Kier molecular flexibility index (Phi) is 5.01. The molecule has 2 heterocycles. The summed E-state index contributed by atoms with van der Waals surface area (Å²) < 4.78 is 10.5. The molecule has 0 aromatic heterocycles. The summed E-state index contributed by atoms with van der Waals surface area (Å²) in [5, 5.41) is 9.09. The molecular formula is C18H22N2O6. The molecule has 8 heteroatoms. The van der Waals surface area contributed by atoms with Gasteiger partial charge in [0.2, 0.25) is 11.8 Å². The van der Waals surface area contributed by atoms with Crippen molar-refractivity contribution in [1.29, 1.82) is 0 Å². The Morgan fingerprint density at radius 2 is 1.73 bits per heavy atom. The Hall–Kier alpha value is -2.77.